The monoisotopic (exact) mass is 424 g/mol. The molecule has 3 aromatic rings. The Bertz CT molecular complexity index is 1090. The van der Waals surface area contributed by atoms with E-state index in [9.17, 15) is 4.79 Å². The van der Waals surface area contributed by atoms with Crippen molar-refractivity contribution in [3.63, 3.8) is 0 Å². The highest BCUT2D eigenvalue weighted by molar-refractivity contribution is 6.30. The van der Waals surface area contributed by atoms with Gasteiger partial charge in [0.05, 0.1) is 22.3 Å². The maximum atomic E-state index is 13.2. The van der Waals surface area contributed by atoms with E-state index in [1.807, 2.05) is 15.5 Å². The number of nitrogens with zero attached hydrogens (tertiary/aromatic N) is 6. The molecule has 5 rings (SSSR count). The van der Waals surface area contributed by atoms with E-state index in [0.29, 0.717) is 17.1 Å². The minimum absolute atomic E-state index is 0.0475. The molecule has 0 N–H and O–H groups in total. The van der Waals surface area contributed by atoms with Crippen LogP contribution in [0.4, 0.5) is 5.82 Å². The molecule has 156 valence electrons. The third kappa shape index (κ3) is 3.51. The third-order valence-electron chi connectivity index (χ3n) is 6.09. The quantitative estimate of drug-likeness (QED) is 0.634. The van der Waals surface area contributed by atoms with Crippen LogP contribution in [0.2, 0.25) is 5.02 Å². The third-order valence-corrected chi connectivity index (χ3v) is 6.29. The second kappa shape index (κ2) is 7.87. The summed E-state index contributed by atoms with van der Waals surface area (Å²) >= 11 is 6.06. The minimum Gasteiger partial charge on any atom is -0.356 e. The molecule has 0 spiro atoms. The number of amides is 1. The number of hydrogen-bond donors (Lipinski definition) is 0. The number of carbonyl (C=O) groups excluding carboxylic acids is 1. The first-order valence-corrected chi connectivity index (χ1v) is 11.0. The Morgan fingerprint density at radius 1 is 1.10 bits per heavy atom. The van der Waals surface area contributed by atoms with Crippen LogP contribution in [-0.2, 0) is 0 Å². The molecule has 0 aromatic carbocycles. The van der Waals surface area contributed by atoms with Crippen LogP contribution in [0.3, 0.4) is 0 Å². The molecule has 2 aliphatic heterocycles. The molecule has 0 radical (unpaired) electrons. The van der Waals surface area contributed by atoms with E-state index in [-0.39, 0.29) is 11.9 Å². The zero-order valence-electron chi connectivity index (χ0n) is 17.1. The van der Waals surface area contributed by atoms with Crippen LogP contribution in [0.25, 0.3) is 5.65 Å². The molecule has 0 aliphatic carbocycles. The molecule has 1 atom stereocenters. The van der Waals surface area contributed by atoms with E-state index in [1.165, 1.54) is 12.8 Å². The van der Waals surface area contributed by atoms with E-state index < -0.39 is 0 Å². The number of fused-ring (bicyclic) bond motifs is 1. The lowest BCUT2D eigenvalue weighted by Gasteiger charge is -2.34. The Balaban J connectivity index is 1.48. The zero-order valence-corrected chi connectivity index (χ0v) is 17.8. The van der Waals surface area contributed by atoms with Crippen molar-refractivity contribution in [2.24, 2.45) is 0 Å². The summed E-state index contributed by atoms with van der Waals surface area (Å²) < 4.78 is 1.85. The number of anilines is 1. The zero-order chi connectivity index (χ0) is 20.7. The van der Waals surface area contributed by atoms with Crippen LogP contribution in [0.1, 0.15) is 59.8 Å². The average Bonchev–Trinajstić information content (AvgIpc) is 3.42. The molecule has 2 fully saturated rings. The highest BCUT2D eigenvalue weighted by Gasteiger charge is 2.31. The lowest BCUT2D eigenvalue weighted by molar-refractivity contribution is 0.0605. The van der Waals surface area contributed by atoms with Gasteiger partial charge in [0, 0.05) is 49.9 Å². The predicted molar refractivity (Wildman–Crippen MR) is 116 cm³/mol. The van der Waals surface area contributed by atoms with Crippen molar-refractivity contribution in [3.8, 4) is 0 Å². The number of aromatic nitrogens is 4. The Morgan fingerprint density at radius 3 is 2.70 bits per heavy atom. The van der Waals surface area contributed by atoms with Gasteiger partial charge in [-0.2, -0.15) is 5.10 Å². The molecule has 30 heavy (non-hydrogen) atoms. The smallest absolute Gasteiger partial charge is 0.256 e. The molecule has 2 aliphatic rings. The van der Waals surface area contributed by atoms with Crippen molar-refractivity contribution in [3.05, 3.63) is 52.6 Å². The minimum atomic E-state index is -0.0672. The first kappa shape index (κ1) is 19.3. The fourth-order valence-electron chi connectivity index (χ4n) is 4.61. The Hall–Kier alpha value is -2.67. The lowest BCUT2D eigenvalue weighted by atomic mass is 9.98. The van der Waals surface area contributed by atoms with E-state index in [1.54, 1.807) is 18.5 Å². The van der Waals surface area contributed by atoms with Gasteiger partial charge in [-0.3, -0.25) is 9.78 Å². The maximum Gasteiger partial charge on any atom is 0.256 e. The van der Waals surface area contributed by atoms with Gasteiger partial charge in [0.15, 0.2) is 5.65 Å². The van der Waals surface area contributed by atoms with E-state index in [2.05, 4.69) is 23.0 Å². The molecule has 1 amide bonds. The highest BCUT2D eigenvalue weighted by atomic mass is 35.5. The van der Waals surface area contributed by atoms with Gasteiger partial charge in [-0.1, -0.05) is 11.6 Å². The Kier molecular flexibility index (Phi) is 5.06. The van der Waals surface area contributed by atoms with Crippen LogP contribution >= 0.6 is 11.6 Å². The summed E-state index contributed by atoms with van der Waals surface area (Å²) in [4.78, 5) is 26.4. The lowest BCUT2D eigenvalue weighted by Crippen LogP contribution is -2.38. The predicted octanol–water partition coefficient (Wildman–Crippen LogP) is 4.05. The first-order valence-electron chi connectivity index (χ1n) is 10.6. The summed E-state index contributed by atoms with van der Waals surface area (Å²) in [5.74, 6) is 1.00. The van der Waals surface area contributed by atoms with E-state index in [0.717, 1.165) is 55.1 Å². The summed E-state index contributed by atoms with van der Waals surface area (Å²) in [6.07, 6.45) is 10.6. The number of pyridine rings is 1. The van der Waals surface area contributed by atoms with Gasteiger partial charge in [0.2, 0.25) is 0 Å². The van der Waals surface area contributed by atoms with Gasteiger partial charge < -0.3 is 9.80 Å². The summed E-state index contributed by atoms with van der Waals surface area (Å²) in [5, 5.41) is 5.28. The van der Waals surface area contributed by atoms with Gasteiger partial charge >= 0.3 is 0 Å². The number of hydrogen-bond acceptors (Lipinski definition) is 5. The molecule has 2 saturated heterocycles. The van der Waals surface area contributed by atoms with Crippen molar-refractivity contribution >= 4 is 29.0 Å². The van der Waals surface area contributed by atoms with Gasteiger partial charge in [0.1, 0.15) is 5.82 Å². The molecule has 7 nitrogen and oxygen atoms in total. The second-order valence-electron chi connectivity index (χ2n) is 8.22. The van der Waals surface area contributed by atoms with Crippen LogP contribution < -0.4 is 4.90 Å². The average molecular weight is 425 g/mol. The van der Waals surface area contributed by atoms with Crippen LogP contribution in [-0.4, -0.2) is 50.0 Å². The fourth-order valence-corrected chi connectivity index (χ4v) is 4.78. The molecule has 8 heteroatoms. The number of piperidine rings is 1. The Labute approximate surface area is 180 Å². The van der Waals surface area contributed by atoms with Crippen molar-refractivity contribution in [2.45, 2.75) is 45.1 Å². The maximum absolute atomic E-state index is 13.2. The van der Waals surface area contributed by atoms with Crippen molar-refractivity contribution in [1.82, 2.24) is 24.5 Å². The molecule has 5 heterocycles. The number of likely N-dealkylation sites (tertiary alicyclic amines) is 1. The number of halogens is 1. The SMILES string of the molecule is Cc1cn2nc([C@@H]3CCCCN3C(=O)c3cncc(Cl)c3)cc2nc1N1CCCC1. The topological polar surface area (TPSA) is 66.6 Å². The molecule has 3 aromatic heterocycles. The molecule has 0 bridgehead atoms. The molecule has 0 saturated carbocycles. The van der Waals surface area contributed by atoms with Gasteiger partial charge in [-0.25, -0.2) is 9.50 Å². The summed E-state index contributed by atoms with van der Waals surface area (Å²) in [7, 11) is 0. The van der Waals surface area contributed by atoms with Crippen LogP contribution in [0.15, 0.2) is 30.7 Å². The van der Waals surface area contributed by atoms with Gasteiger partial charge in [-0.15, -0.1) is 0 Å². The van der Waals surface area contributed by atoms with Crippen LogP contribution in [0.5, 0.6) is 0 Å². The number of rotatable bonds is 3. The van der Waals surface area contributed by atoms with Crippen molar-refractivity contribution < 1.29 is 4.79 Å². The Morgan fingerprint density at radius 2 is 1.90 bits per heavy atom. The van der Waals surface area contributed by atoms with Crippen molar-refractivity contribution in [2.75, 3.05) is 24.5 Å². The van der Waals surface area contributed by atoms with Crippen molar-refractivity contribution in [1.29, 1.82) is 0 Å². The summed E-state index contributed by atoms with van der Waals surface area (Å²) in [6, 6.07) is 3.65. The van der Waals surface area contributed by atoms with Gasteiger partial charge in [0.25, 0.3) is 5.91 Å². The second-order valence-corrected chi connectivity index (χ2v) is 8.65. The van der Waals surface area contributed by atoms with Gasteiger partial charge in [-0.05, 0) is 45.1 Å². The van der Waals surface area contributed by atoms with E-state index in [4.69, 9.17) is 21.7 Å². The summed E-state index contributed by atoms with van der Waals surface area (Å²) in [5.41, 5.74) is 3.37. The molecule has 0 unspecified atom stereocenters. The number of carbonyl (C=O) groups is 1. The first-order chi connectivity index (χ1) is 14.6. The van der Waals surface area contributed by atoms with Crippen LogP contribution in [0, 0.1) is 6.92 Å². The molecular weight excluding hydrogens is 400 g/mol. The molecular formula is C22H25ClN6O. The summed E-state index contributed by atoms with van der Waals surface area (Å²) in [6.45, 7) is 4.91. The number of aryl methyl sites for hydroxylation is 1. The normalized spacial score (nSPS) is 19.6. The fraction of sp³-hybridized carbons (Fsp3) is 0.455. The highest BCUT2D eigenvalue weighted by Crippen LogP contribution is 2.33. The van der Waals surface area contributed by atoms with E-state index >= 15 is 0 Å². The standard InChI is InChI=1S/C22H25ClN6O/c1-15-14-29-20(25-21(15)27-7-4-5-8-27)11-18(26-29)19-6-2-3-9-28(19)22(30)16-10-17(23)13-24-12-16/h10-14,19H,2-9H2,1H3/t19-/m0/s1. The largest absolute Gasteiger partial charge is 0.356 e.